The van der Waals surface area contributed by atoms with Gasteiger partial charge in [-0.15, -0.1) is 11.8 Å². The number of carbonyl (C=O) groups excluding carboxylic acids is 1. The highest BCUT2D eigenvalue weighted by molar-refractivity contribution is 8.00. The molecule has 1 aromatic rings. The number of hydrogen-bond acceptors (Lipinski definition) is 4. The third-order valence-electron chi connectivity index (χ3n) is 3.49. The number of fused-ring (bicyclic) bond motifs is 1. The van der Waals surface area contributed by atoms with Crippen LogP contribution in [0.1, 0.15) is 0 Å². The summed E-state index contributed by atoms with van der Waals surface area (Å²) in [6.45, 7) is 0.376. The van der Waals surface area contributed by atoms with Crippen molar-refractivity contribution in [1.82, 2.24) is 4.90 Å². The number of nitrogens with zero attached hydrogens (tertiary/aromatic N) is 2. The molecule has 1 amide bonds. The fraction of sp³-hybridized carbons (Fsp3) is 0.308. The molecule has 1 fully saturated rings. The second-order valence-corrected chi connectivity index (χ2v) is 6.43. The number of aliphatic carboxylic acids is 1. The second-order valence-electron chi connectivity index (χ2n) is 4.89. The zero-order chi connectivity index (χ0) is 15.1. The van der Waals surface area contributed by atoms with Gasteiger partial charge < -0.3 is 10.8 Å². The summed E-state index contributed by atoms with van der Waals surface area (Å²) in [5, 5.41) is 9.73. The van der Waals surface area contributed by atoms with Gasteiger partial charge in [-0.2, -0.15) is 4.57 Å². The third kappa shape index (κ3) is 2.41. The van der Waals surface area contributed by atoms with Gasteiger partial charge in [0.05, 0.1) is 0 Å². The summed E-state index contributed by atoms with van der Waals surface area (Å²) in [6, 6.07) is 2.92. The van der Waals surface area contributed by atoms with Crippen LogP contribution in [-0.2, 0) is 16.1 Å². The predicted molar refractivity (Wildman–Crippen MR) is 77.4 cm³/mol. The van der Waals surface area contributed by atoms with Gasteiger partial charge in [0.2, 0.25) is 5.91 Å². The van der Waals surface area contributed by atoms with E-state index in [1.807, 2.05) is 0 Å². The number of rotatable bonds is 3. The lowest BCUT2D eigenvalue weighted by Gasteiger charge is -2.47. The molecule has 8 heteroatoms. The molecule has 0 spiro atoms. The molecular weight excluding hydrogens is 314 g/mol. The number of amides is 1. The van der Waals surface area contributed by atoms with E-state index < -0.39 is 12.0 Å². The summed E-state index contributed by atoms with van der Waals surface area (Å²) in [5.74, 6) is -0.903. The topological polar surface area (TPSA) is 87.5 Å². The molecule has 2 aliphatic rings. The molecule has 110 valence electrons. The van der Waals surface area contributed by atoms with E-state index in [0.717, 1.165) is 0 Å². The lowest BCUT2D eigenvalue weighted by molar-refractivity contribution is -0.689. The molecule has 2 aliphatic heterocycles. The summed E-state index contributed by atoms with van der Waals surface area (Å²) < 4.78 is 1.80. The van der Waals surface area contributed by atoms with Gasteiger partial charge in [0.1, 0.15) is 22.1 Å². The van der Waals surface area contributed by atoms with Crippen LogP contribution in [0.25, 0.3) is 0 Å². The van der Waals surface area contributed by atoms with Crippen molar-refractivity contribution in [2.45, 2.75) is 18.0 Å². The summed E-state index contributed by atoms with van der Waals surface area (Å²) >= 11 is 7.42. The number of halogens is 1. The van der Waals surface area contributed by atoms with Crippen molar-refractivity contribution in [2.75, 3.05) is 5.75 Å². The van der Waals surface area contributed by atoms with Crippen LogP contribution in [0.3, 0.4) is 0 Å². The van der Waals surface area contributed by atoms with Crippen LogP contribution < -0.4 is 10.3 Å². The number of thioether (sulfide) groups is 1. The van der Waals surface area contributed by atoms with E-state index >= 15 is 0 Å². The van der Waals surface area contributed by atoms with E-state index in [2.05, 4.69) is 0 Å². The molecule has 3 heterocycles. The number of nitrogens with two attached hydrogens (primary N) is 1. The standard InChI is InChI=1S/C13H12ClN3O3S/c14-8-2-1-3-16(5-8)4-7-6-21-12-9(15)11(18)17(12)10(7)13(19)20/h1-3,5,9,12H,4,6,15H2/p+1/t9?,12-/m1/s1. The SMILES string of the molecule is NC1C(=O)N2C(C(=O)O)=C(C[n+]3cccc(Cl)c3)CS[C@H]12. The minimum Gasteiger partial charge on any atom is -0.477 e. The van der Waals surface area contributed by atoms with Crippen molar-refractivity contribution in [1.29, 1.82) is 0 Å². The Labute approximate surface area is 130 Å². The average molecular weight is 327 g/mol. The van der Waals surface area contributed by atoms with Crippen molar-refractivity contribution in [3.05, 3.63) is 40.8 Å². The Kier molecular flexibility index (Phi) is 3.64. The zero-order valence-corrected chi connectivity index (χ0v) is 12.5. The van der Waals surface area contributed by atoms with E-state index in [9.17, 15) is 14.7 Å². The Morgan fingerprint density at radius 1 is 1.62 bits per heavy atom. The smallest absolute Gasteiger partial charge is 0.352 e. The van der Waals surface area contributed by atoms with Crippen LogP contribution in [0.15, 0.2) is 35.8 Å². The molecule has 1 saturated heterocycles. The second kappa shape index (κ2) is 5.32. The van der Waals surface area contributed by atoms with Gasteiger partial charge in [0.15, 0.2) is 18.9 Å². The quantitative estimate of drug-likeness (QED) is 0.612. The molecule has 3 rings (SSSR count). The molecule has 3 N–H and O–H groups in total. The van der Waals surface area contributed by atoms with Crippen LogP contribution in [0.5, 0.6) is 0 Å². The van der Waals surface area contributed by atoms with Crippen LogP contribution in [0.2, 0.25) is 5.02 Å². The third-order valence-corrected chi connectivity index (χ3v) is 5.07. The molecule has 0 aliphatic carbocycles. The molecule has 0 bridgehead atoms. The lowest BCUT2D eigenvalue weighted by Crippen LogP contribution is -2.68. The first-order chi connectivity index (χ1) is 9.99. The zero-order valence-electron chi connectivity index (χ0n) is 10.9. The predicted octanol–water partition coefficient (Wildman–Crippen LogP) is 0.209. The highest BCUT2D eigenvalue weighted by atomic mass is 35.5. The minimum atomic E-state index is -1.10. The average Bonchev–Trinajstić information content (AvgIpc) is 2.45. The van der Waals surface area contributed by atoms with Gasteiger partial charge in [-0.25, -0.2) is 4.79 Å². The Balaban J connectivity index is 1.95. The largest absolute Gasteiger partial charge is 0.477 e. The highest BCUT2D eigenvalue weighted by Gasteiger charge is 2.52. The number of pyridine rings is 1. The molecule has 6 nitrogen and oxygen atoms in total. The molecule has 0 aromatic carbocycles. The fourth-order valence-corrected chi connectivity index (χ4v) is 3.99. The summed E-state index contributed by atoms with van der Waals surface area (Å²) in [4.78, 5) is 24.6. The molecule has 1 unspecified atom stereocenters. The fourth-order valence-electron chi connectivity index (χ4n) is 2.51. The maximum Gasteiger partial charge on any atom is 0.352 e. The molecular formula is C13H13ClN3O3S+. The molecule has 2 atom stereocenters. The van der Waals surface area contributed by atoms with Crippen molar-refractivity contribution in [3.63, 3.8) is 0 Å². The summed E-state index contributed by atoms with van der Waals surface area (Å²) in [5.41, 5.74) is 6.44. The maximum atomic E-state index is 11.8. The van der Waals surface area contributed by atoms with Gasteiger partial charge in [0, 0.05) is 17.4 Å². The molecule has 1 aromatic heterocycles. The first-order valence-corrected chi connectivity index (χ1v) is 7.72. The van der Waals surface area contributed by atoms with E-state index in [4.69, 9.17) is 17.3 Å². The Morgan fingerprint density at radius 2 is 2.38 bits per heavy atom. The number of β-lactam (4-membered cyclic amide) rings is 1. The van der Waals surface area contributed by atoms with Crippen molar-refractivity contribution in [2.24, 2.45) is 5.73 Å². The van der Waals surface area contributed by atoms with Crippen molar-refractivity contribution in [3.8, 4) is 0 Å². The molecule has 0 radical (unpaired) electrons. The normalized spacial score (nSPS) is 24.7. The number of carbonyl (C=O) groups is 2. The number of aromatic nitrogens is 1. The van der Waals surface area contributed by atoms with Crippen molar-refractivity contribution < 1.29 is 19.3 Å². The highest BCUT2D eigenvalue weighted by Crippen LogP contribution is 2.39. The Bertz CT molecular complexity index is 664. The molecule has 21 heavy (non-hydrogen) atoms. The Hall–Kier alpha value is -1.57. The van der Waals surface area contributed by atoms with Gasteiger partial charge in [-0.3, -0.25) is 9.69 Å². The van der Waals surface area contributed by atoms with Gasteiger partial charge in [-0.1, -0.05) is 11.6 Å². The Morgan fingerprint density at radius 3 is 3.05 bits per heavy atom. The summed E-state index contributed by atoms with van der Waals surface area (Å²) in [6.07, 6.45) is 3.52. The van der Waals surface area contributed by atoms with Crippen LogP contribution in [-0.4, -0.2) is 39.1 Å². The van der Waals surface area contributed by atoms with Gasteiger partial charge in [-0.05, 0) is 6.07 Å². The number of hydrogen-bond donors (Lipinski definition) is 2. The number of carboxylic acids is 1. The monoisotopic (exact) mass is 326 g/mol. The van der Waals surface area contributed by atoms with E-state index in [1.165, 1.54) is 16.7 Å². The van der Waals surface area contributed by atoms with Gasteiger partial charge in [0.25, 0.3) is 0 Å². The van der Waals surface area contributed by atoms with E-state index in [-0.39, 0.29) is 17.0 Å². The van der Waals surface area contributed by atoms with Crippen LogP contribution in [0, 0.1) is 0 Å². The van der Waals surface area contributed by atoms with E-state index in [1.54, 1.807) is 29.1 Å². The number of carboxylic acid groups (broad SMARTS) is 1. The summed E-state index contributed by atoms with van der Waals surface area (Å²) in [7, 11) is 0. The first kappa shape index (κ1) is 14.4. The minimum absolute atomic E-state index is 0.0536. The van der Waals surface area contributed by atoms with E-state index in [0.29, 0.717) is 22.9 Å². The molecule has 0 saturated carbocycles. The van der Waals surface area contributed by atoms with Crippen LogP contribution in [0.4, 0.5) is 0 Å². The lowest BCUT2D eigenvalue weighted by atomic mass is 10.0. The van der Waals surface area contributed by atoms with Crippen LogP contribution >= 0.6 is 23.4 Å². The maximum absolute atomic E-state index is 11.8. The van der Waals surface area contributed by atoms with Crippen molar-refractivity contribution >= 4 is 35.2 Å². The van der Waals surface area contributed by atoms with Gasteiger partial charge >= 0.3 is 5.97 Å². The first-order valence-electron chi connectivity index (χ1n) is 6.29.